The third-order valence-electron chi connectivity index (χ3n) is 7.68. The Morgan fingerprint density at radius 2 is 1.89 bits per heavy atom. The van der Waals surface area contributed by atoms with E-state index in [1.807, 2.05) is 25.5 Å². The van der Waals surface area contributed by atoms with Crippen molar-refractivity contribution in [3.05, 3.63) is 71.0 Å². The average Bonchev–Trinajstić information content (AvgIpc) is 3.20. The number of carboxylic acids is 1. The zero-order valence-corrected chi connectivity index (χ0v) is 21.3. The molecule has 2 heterocycles. The lowest BCUT2D eigenvalue weighted by molar-refractivity contribution is 0.0696. The molecule has 1 aromatic carbocycles. The smallest absolute Gasteiger partial charge is 0.335 e. The molecule has 3 N–H and O–H groups in total. The van der Waals surface area contributed by atoms with Gasteiger partial charge in [-0.15, -0.1) is 0 Å². The Bertz CT molecular complexity index is 1170. The number of fused-ring (bicyclic) bond motifs is 1. The molecule has 186 valence electrons. The Balaban J connectivity index is 1.68. The van der Waals surface area contributed by atoms with Crippen LogP contribution in [0, 0.1) is 12.8 Å². The molecule has 0 saturated heterocycles. The number of nitrogens with one attached hydrogen (secondary N) is 2. The first-order chi connectivity index (χ1) is 16.6. The lowest BCUT2D eigenvalue weighted by Gasteiger charge is -2.41. The molecule has 7 heteroatoms. The molecule has 0 spiro atoms. The van der Waals surface area contributed by atoms with Crippen molar-refractivity contribution in [2.75, 3.05) is 5.32 Å². The van der Waals surface area contributed by atoms with Crippen LogP contribution in [-0.2, 0) is 11.1 Å². The van der Waals surface area contributed by atoms with Crippen LogP contribution in [0.25, 0.3) is 0 Å². The van der Waals surface area contributed by atoms with Crippen LogP contribution in [0.2, 0.25) is 0 Å². The maximum Gasteiger partial charge on any atom is 0.335 e. The van der Waals surface area contributed by atoms with E-state index in [2.05, 4.69) is 48.8 Å². The van der Waals surface area contributed by atoms with Gasteiger partial charge in [0.1, 0.15) is 11.4 Å². The predicted octanol–water partition coefficient (Wildman–Crippen LogP) is 5.39. The van der Waals surface area contributed by atoms with Crippen LogP contribution < -0.4 is 10.6 Å². The first-order valence-electron chi connectivity index (χ1n) is 12.5. The molecule has 4 rings (SSSR count). The number of rotatable bonds is 7. The lowest BCUT2D eigenvalue weighted by Crippen LogP contribution is -2.47. The fraction of sp³-hybridized carbons (Fsp3) is 0.464. The number of hydrogen-bond donors (Lipinski definition) is 3. The molecule has 1 aliphatic carbocycles. The molecule has 1 aromatic heterocycles. The maximum atomic E-state index is 13.9. The van der Waals surface area contributed by atoms with E-state index >= 15 is 0 Å². The Kier molecular flexibility index (Phi) is 6.62. The van der Waals surface area contributed by atoms with Crippen molar-refractivity contribution >= 4 is 17.7 Å². The number of allylic oxidation sites excluding steroid dienone is 3. The van der Waals surface area contributed by atoms with E-state index in [4.69, 9.17) is 5.10 Å². The fourth-order valence-electron chi connectivity index (χ4n) is 5.50. The minimum atomic E-state index is -0.965. The minimum Gasteiger partial charge on any atom is -0.478 e. The van der Waals surface area contributed by atoms with Gasteiger partial charge in [0.05, 0.1) is 22.3 Å². The van der Waals surface area contributed by atoms with Crippen LogP contribution in [0.1, 0.15) is 85.4 Å². The summed E-state index contributed by atoms with van der Waals surface area (Å²) in [7, 11) is 0. The van der Waals surface area contributed by atoms with Gasteiger partial charge in [-0.05, 0) is 64.2 Å². The summed E-state index contributed by atoms with van der Waals surface area (Å²) >= 11 is 0. The number of carboxylic acid groups (broad SMARTS) is 1. The molecule has 2 aliphatic rings. The molecule has 1 unspecified atom stereocenters. The third-order valence-corrected chi connectivity index (χ3v) is 7.68. The molecular weight excluding hydrogens is 440 g/mol. The number of carbonyl (C=O) groups excluding carboxylic acids is 1. The molecule has 1 aliphatic heterocycles. The van der Waals surface area contributed by atoms with Crippen molar-refractivity contribution in [1.82, 2.24) is 15.1 Å². The normalized spacial score (nSPS) is 20.7. The van der Waals surface area contributed by atoms with Gasteiger partial charge in [0.25, 0.3) is 5.91 Å². The zero-order chi connectivity index (χ0) is 25.4. The first-order valence-corrected chi connectivity index (χ1v) is 12.5. The Morgan fingerprint density at radius 1 is 1.20 bits per heavy atom. The van der Waals surface area contributed by atoms with Crippen molar-refractivity contribution in [1.29, 1.82) is 0 Å². The average molecular weight is 477 g/mol. The van der Waals surface area contributed by atoms with E-state index < -0.39 is 11.5 Å². The van der Waals surface area contributed by atoms with E-state index in [-0.39, 0.29) is 23.1 Å². The van der Waals surface area contributed by atoms with Gasteiger partial charge in [-0.25, -0.2) is 9.48 Å². The first kappa shape index (κ1) is 24.8. The molecule has 35 heavy (non-hydrogen) atoms. The van der Waals surface area contributed by atoms with E-state index in [0.717, 1.165) is 24.2 Å². The van der Waals surface area contributed by atoms with Crippen LogP contribution in [0.15, 0.2) is 48.6 Å². The van der Waals surface area contributed by atoms with Crippen LogP contribution in [0.3, 0.4) is 0 Å². The molecule has 2 aromatic rings. The minimum absolute atomic E-state index is 0.169. The molecule has 0 fully saturated rings. The van der Waals surface area contributed by atoms with Crippen molar-refractivity contribution < 1.29 is 14.7 Å². The SMILES string of the molecule is CCC(CC)(NC(=O)c1c(C)nn2c1N[C@@H](C1C=CC=CC1)CC2(C)C)c1ccc(C(=O)O)cc1. The van der Waals surface area contributed by atoms with Crippen molar-refractivity contribution in [2.45, 2.75) is 77.4 Å². The summed E-state index contributed by atoms with van der Waals surface area (Å²) in [6, 6.07) is 7.00. The van der Waals surface area contributed by atoms with Crippen LogP contribution in [0.5, 0.6) is 0 Å². The molecule has 7 nitrogen and oxygen atoms in total. The lowest BCUT2D eigenvalue weighted by atomic mass is 9.82. The van der Waals surface area contributed by atoms with Crippen molar-refractivity contribution in [3.63, 3.8) is 0 Å². The number of anilines is 1. The number of aromatic nitrogens is 2. The standard InChI is InChI=1S/C28H36N4O3/c1-6-28(7-2,21-15-13-20(14-16-21)26(34)35)30-25(33)23-18(3)31-32-24(23)29-22(17-27(32,4)5)19-11-9-8-10-12-19/h8-11,13-16,19,22,29H,6-7,12,17H2,1-5H3,(H,30,33)(H,34,35)/t19?,22-/m1/s1. The highest BCUT2D eigenvalue weighted by Crippen LogP contribution is 2.39. The molecule has 1 amide bonds. The van der Waals surface area contributed by atoms with Crippen molar-refractivity contribution in [2.24, 2.45) is 5.92 Å². The summed E-state index contributed by atoms with van der Waals surface area (Å²) in [6.45, 7) is 10.3. The van der Waals surface area contributed by atoms with E-state index in [1.54, 1.807) is 24.3 Å². The Morgan fingerprint density at radius 3 is 2.46 bits per heavy atom. The topological polar surface area (TPSA) is 96.3 Å². The van der Waals surface area contributed by atoms with Gasteiger partial charge in [-0.1, -0.05) is 50.3 Å². The second kappa shape index (κ2) is 9.36. The summed E-state index contributed by atoms with van der Waals surface area (Å²) in [4.78, 5) is 25.2. The van der Waals surface area contributed by atoms with Gasteiger partial charge in [0, 0.05) is 12.0 Å². The summed E-state index contributed by atoms with van der Waals surface area (Å²) in [5.74, 6) is -0.00513. The summed E-state index contributed by atoms with van der Waals surface area (Å²) < 4.78 is 1.97. The Labute approximate surface area is 207 Å². The molecular formula is C28H36N4O3. The highest BCUT2D eigenvalue weighted by atomic mass is 16.4. The van der Waals surface area contributed by atoms with Gasteiger partial charge < -0.3 is 15.7 Å². The number of amides is 1. The van der Waals surface area contributed by atoms with Crippen molar-refractivity contribution in [3.8, 4) is 0 Å². The number of hydrogen-bond acceptors (Lipinski definition) is 4. The maximum absolute atomic E-state index is 13.9. The molecule has 0 radical (unpaired) electrons. The monoisotopic (exact) mass is 476 g/mol. The van der Waals surface area contributed by atoms with Gasteiger partial charge in [-0.2, -0.15) is 5.10 Å². The number of carbonyl (C=O) groups is 2. The Hall–Kier alpha value is -3.35. The number of aromatic carboxylic acids is 1. The van der Waals surface area contributed by atoms with E-state index in [0.29, 0.717) is 30.0 Å². The van der Waals surface area contributed by atoms with Crippen LogP contribution >= 0.6 is 0 Å². The van der Waals surface area contributed by atoms with Crippen LogP contribution in [-0.4, -0.2) is 32.8 Å². The third kappa shape index (κ3) is 4.51. The van der Waals surface area contributed by atoms with E-state index in [1.165, 1.54) is 0 Å². The van der Waals surface area contributed by atoms with Gasteiger partial charge >= 0.3 is 5.97 Å². The highest BCUT2D eigenvalue weighted by molar-refractivity contribution is 6.00. The largest absolute Gasteiger partial charge is 0.478 e. The van der Waals surface area contributed by atoms with Gasteiger partial charge in [0.15, 0.2) is 0 Å². The fourth-order valence-corrected chi connectivity index (χ4v) is 5.50. The zero-order valence-electron chi connectivity index (χ0n) is 21.3. The summed E-state index contributed by atoms with van der Waals surface area (Å²) in [6.07, 6.45) is 11.8. The predicted molar refractivity (Wildman–Crippen MR) is 138 cm³/mol. The molecule has 0 saturated carbocycles. The summed E-state index contributed by atoms with van der Waals surface area (Å²) in [5, 5.41) is 21.0. The number of nitrogens with zero attached hydrogens (tertiary/aromatic N) is 2. The molecule has 2 atom stereocenters. The quantitative estimate of drug-likeness (QED) is 0.498. The van der Waals surface area contributed by atoms with Crippen LogP contribution in [0.4, 0.5) is 5.82 Å². The van der Waals surface area contributed by atoms with Gasteiger partial charge in [-0.3, -0.25) is 4.79 Å². The van der Waals surface area contributed by atoms with E-state index in [9.17, 15) is 14.7 Å². The second-order valence-electron chi connectivity index (χ2n) is 10.3. The second-order valence-corrected chi connectivity index (χ2v) is 10.3. The highest BCUT2D eigenvalue weighted by Gasteiger charge is 2.40. The number of benzene rings is 1. The number of aryl methyl sites for hydroxylation is 1. The summed E-state index contributed by atoms with van der Waals surface area (Å²) in [5.41, 5.74) is 1.54. The van der Waals surface area contributed by atoms with Gasteiger partial charge in [0.2, 0.25) is 0 Å². The molecule has 0 bridgehead atoms.